The maximum atomic E-state index is 10.1. The van der Waals surface area contributed by atoms with Crippen molar-refractivity contribution in [3.8, 4) is 0 Å². The monoisotopic (exact) mass is 190 g/mol. The fourth-order valence-electron chi connectivity index (χ4n) is 0.766. The molecule has 0 aliphatic rings. The molecule has 0 saturated carbocycles. The summed E-state index contributed by atoms with van der Waals surface area (Å²) >= 11 is 0. The van der Waals surface area contributed by atoms with Crippen LogP contribution >= 0.6 is 0 Å². The highest BCUT2D eigenvalue weighted by Crippen LogP contribution is 1.93. The summed E-state index contributed by atoms with van der Waals surface area (Å²) in [6, 6.07) is 0. The van der Waals surface area contributed by atoms with Crippen LogP contribution in [0.4, 0.5) is 0 Å². The van der Waals surface area contributed by atoms with E-state index in [1.165, 1.54) is 0 Å². The zero-order valence-electron chi connectivity index (χ0n) is 8.75. The van der Waals surface area contributed by atoms with Gasteiger partial charge in [-0.1, -0.05) is 0 Å². The molecule has 4 nitrogen and oxygen atoms in total. The Balaban J connectivity index is 3.13. The van der Waals surface area contributed by atoms with Crippen LogP contribution in [0.1, 0.15) is 12.8 Å². The van der Waals surface area contributed by atoms with E-state index in [9.17, 15) is 4.79 Å². The number of carboxylic acid groups (broad SMARTS) is 1. The van der Waals surface area contributed by atoms with E-state index in [4.69, 9.17) is 9.84 Å². The molecule has 1 N–H and O–H groups in total. The van der Waals surface area contributed by atoms with Crippen molar-refractivity contribution < 1.29 is 19.1 Å². The first kappa shape index (κ1) is 12.4. The number of carboxylic acids is 1. The summed E-state index contributed by atoms with van der Waals surface area (Å²) in [5.74, 6) is -0.754. The van der Waals surface area contributed by atoms with E-state index in [-0.39, 0.29) is 6.42 Å². The molecule has 0 amide bonds. The smallest absolute Gasteiger partial charge is 0.303 e. The maximum absolute atomic E-state index is 10.1. The Morgan fingerprint density at radius 3 is 2.38 bits per heavy atom. The summed E-state index contributed by atoms with van der Waals surface area (Å²) in [4.78, 5) is 10.1. The van der Waals surface area contributed by atoms with Gasteiger partial charge >= 0.3 is 5.97 Å². The van der Waals surface area contributed by atoms with Gasteiger partial charge in [0.05, 0.1) is 27.7 Å². The van der Waals surface area contributed by atoms with Crippen LogP contribution in [0, 0.1) is 0 Å². The average molecular weight is 190 g/mol. The molecule has 78 valence electrons. The van der Waals surface area contributed by atoms with Crippen molar-refractivity contribution in [2.24, 2.45) is 0 Å². The molecule has 0 aromatic heterocycles. The Hall–Kier alpha value is -0.610. The molecule has 0 saturated heterocycles. The van der Waals surface area contributed by atoms with Gasteiger partial charge in [-0.2, -0.15) is 0 Å². The van der Waals surface area contributed by atoms with E-state index in [2.05, 4.69) is 21.1 Å². The van der Waals surface area contributed by atoms with Crippen molar-refractivity contribution in [3.05, 3.63) is 0 Å². The summed E-state index contributed by atoms with van der Waals surface area (Å²) in [7, 11) is 6.29. The van der Waals surface area contributed by atoms with Gasteiger partial charge < -0.3 is 14.3 Å². The van der Waals surface area contributed by atoms with Crippen LogP contribution in [-0.2, 0) is 9.53 Å². The third kappa shape index (κ3) is 11.4. The fraction of sp³-hybridized carbons (Fsp3) is 0.889. The number of aliphatic carboxylic acids is 1. The lowest BCUT2D eigenvalue weighted by molar-refractivity contribution is -0.870. The maximum Gasteiger partial charge on any atom is 0.303 e. The van der Waals surface area contributed by atoms with E-state index < -0.39 is 5.97 Å². The molecule has 0 heterocycles. The number of quaternary nitrogens is 1. The van der Waals surface area contributed by atoms with E-state index in [0.717, 1.165) is 11.0 Å². The van der Waals surface area contributed by atoms with Crippen molar-refractivity contribution in [1.29, 1.82) is 0 Å². The first-order valence-electron chi connectivity index (χ1n) is 4.52. The van der Waals surface area contributed by atoms with Crippen molar-refractivity contribution in [1.82, 2.24) is 0 Å². The third-order valence-electron chi connectivity index (χ3n) is 1.59. The predicted octanol–water partition coefficient (Wildman–Crippen LogP) is 0.574. The van der Waals surface area contributed by atoms with Gasteiger partial charge in [0, 0.05) is 13.0 Å². The summed E-state index contributed by atoms with van der Waals surface area (Å²) in [5, 5.41) is 8.34. The van der Waals surface area contributed by atoms with Crippen LogP contribution in [-0.4, -0.2) is 56.5 Å². The first-order valence-corrected chi connectivity index (χ1v) is 4.52. The Morgan fingerprint density at radius 2 is 1.92 bits per heavy atom. The molecule has 0 rings (SSSR count). The lowest BCUT2D eigenvalue weighted by Crippen LogP contribution is -2.37. The van der Waals surface area contributed by atoms with E-state index in [1.54, 1.807) is 0 Å². The predicted molar refractivity (Wildman–Crippen MR) is 50.6 cm³/mol. The summed E-state index contributed by atoms with van der Waals surface area (Å²) in [6.45, 7) is 2.20. The highest BCUT2D eigenvalue weighted by atomic mass is 16.5. The van der Waals surface area contributed by atoms with Crippen LogP contribution in [0.5, 0.6) is 0 Å². The number of hydrogen-bond acceptors (Lipinski definition) is 2. The number of hydrogen-bond donors (Lipinski definition) is 1. The molecule has 0 aliphatic carbocycles. The highest BCUT2D eigenvalue weighted by Gasteiger charge is 2.05. The lowest BCUT2D eigenvalue weighted by Gasteiger charge is -2.23. The minimum atomic E-state index is -0.754. The van der Waals surface area contributed by atoms with Crippen LogP contribution < -0.4 is 0 Å². The Bertz CT molecular complexity index is 151. The molecule has 0 aliphatic heterocycles. The number of likely N-dealkylation sites (N-methyl/N-ethyl adjacent to an activating group) is 1. The Morgan fingerprint density at radius 1 is 1.31 bits per heavy atom. The normalized spacial score (nSPS) is 11.6. The topological polar surface area (TPSA) is 46.5 Å². The number of ether oxygens (including phenoxy) is 1. The number of nitrogens with zero attached hydrogens (tertiary/aromatic N) is 1. The summed E-state index contributed by atoms with van der Waals surface area (Å²) in [5.41, 5.74) is 0. The molecule has 0 spiro atoms. The van der Waals surface area contributed by atoms with Crippen LogP contribution in [0.2, 0.25) is 0 Å². The van der Waals surface area contributed by atoms with Crippen LogP contribution in [0.3, 0.4) is 0 Å². The standard InChI is InChI=1S/C9H19NO3/c1-10(2,3)6-8-13-7-4-5-9(11)12/h4-8H2,1-3H3/p+1. The molecule has 0 fully saturated rings. The molecule has 13 heavy (non-hydrogen) atoms. The molecule has 0 radical (unpaired) electrons. The third-order valence-corrected chi connectivity index (χ3v) is 1.59. The Labute approximate surface area is 79.7 Å². The van der Waals surface area contributed by atoms with Gasteiger partial charge in [-0.25, -0.2) is 0 Å². The van der Waals surface area contributed by atoms with Crippen molar-refractivity contribution >= 4 is 5.97 Å². The van der Waals surface area contributed by atoms with Crippen LogP contribution in [0.15, 0.2) is 0 Å². The average Bonchev–Trinajstić information content (AvgIpc) is 1.93. The molecule has 0 bridgehead atoms. The molecule has 4 heteroatoms. The second-order valence-corrected chi connectivity index (χ2v) is 4.12. The molecule has 0 aromatic rings. The minimum absolute atomic E-state index is 0.199. The minimum Gasteiger partial charge on any atom is -0.481 e. The highest BCUT2D eigenvalue weighted by molar-refractivity contribution is 5.66. The molecule has 0 aromatic carbocycles. The molecule has 0 atom stereocenters. The van der Waals surface area contributed by atoms with Crippen molar-refractivity contribution in [3.63, 3.8) is 0 Å². The fourth-order valence-corrected chi connectivity index (χ4v) is 0.766. The number of rotatable bonds is 7. The second kappa shape index (κ2) is 5.94. The van der Waals surface area contributed by atoms with Gasteiger partial charge in [-0.3, -0.25) is 4.79 Å². The van der Waals surface area contributed by atoms with Crippen molar-refractivity contribution in [2.45, 2.75) is 12.8 Å². The van der Waals surface area contributed by atoms with E-state index in [0.29, 0.717) is 19.6 Å². The van der Waals surface area contributed by atoms with Crippen LogP contribution in [0.25, 0.3) is 0 Å². The van der Waals surface area contributed by atoms with Gasteiger partial charge in [0.15, 0.2) is 0 Å². The second-order valence-electron chi connectivity index (χ2n) is 4.12. The molecular weight excluding hydrogens is 170 g/mol. The van der Waals surface area contributed by atoms with Gasteiger partial charge in [0.25, 0.3) is 0 Å². The SMILES string of the molecule is C[N+](C)(C)CCOCCCC(=O)O. The van der Waals surface area contributed by atoms with Gasteiger partial charge in [0.1, 0.15) is 6.54 Å². The molecular formula is C9H20NO3+. The Kier molecular flexibility index (Phi) is 5.66. The largest absolute Gasteiger partial charge is 0.481 e. The summed E-state index contributed by atoms with van der Waals surface area (Å²) in [6.07, 6.45) is 0.802. The quantitative estimate of drug-likeness (QED) is 0.471. The number of carbonyl (C=O) groups is 1. The summed E-state index contributed by atoms with van der Waals surface area (Å²) < 4.78 is 6.16. The van der Waals surface area contributed by atoms with Gasteiger partial charge in [0.2, 0.25) is 0 Å². The molecule has 0 unspecified atom stereocenters. The van der Waals surface area contributed by atoms with Crippen molar-refractivity contribution in [2.75, 3.05) is 40.9 Å². The first-order chi connectivity index (χ1) is 5.92. The zero-order valence-corrected chi connectivity index (χ0v) is 8.75. The van der Waals surface area contributed by atoms with E-state index in [1.807, 2.05) is 0 Å². The lowest BCUT2D eigenvalue weighted by atomic mass is 10.3. The van der Waals surface area contributed by atoms with Gasteiger partial charge in [-0.15, -0.1) is 0 Å². The van der Waals surface area contributed by atoms with Gasteiger partial charge in [-0.05, 0) is 6.42 Å². The zero-order chi connectivity index (χ0) is 10.3. The van der Waals surface area contributed by atoms with E-state index >= 15 is 0 Å².